The number of likely N-dealkylation sites (N-methyl/N-ethyl adjacent to an activating group) is 1. The van der Waals surface area contributed by atoms with Gasteiger partial charge in [0.15, 0.2) is 5.96 Å². The lowest BCUT2D eigenvalue weighted by Gasteiger charge is -2.24. The summed E-state index contributed by atoms with van der Waals surface area (Å²) in [6, 6.07) is 8.59. The molecule has 150 valence electrons. The van der Waals surface area contributed by atoms with Gasteiger partial charge in [-0.05, 0) is 51.3 Å². The van der Waals surface area contributed by atoms with Gasteiger partial charge in [-0.1, -0.05) is 12.1 Å². The molecule has 1 aromatic rings. The Labute approximate surface area is 164 Å². The number of amides is 1. The van der Waals surface area contributed by atoms with Crippen molar-refractivity contribution in [3.63, 3.8) is 0 Å². The summed E-state index contributed by atoms with van der Waals surface area (Å²) >= 11 is 0. The van der Waals surface area contributed by atoms with Crippen LogP contribution < -0.4 is 15.5 Å². The van der Waals surface area contributed by atoms with Gasteiger partial charge < -0.3 is 20.4 Å². The molecule has 27 heavy (non-hydrogen) atoms. The van der Waals surface area contributed by atoms with Crippen LogP contribution in [0.25, 0.3) is 0 Å². The molecule has 0 saturated carbocycles. The third-order valence-electron chi connectivity index (χ3n) is 4.82. The molecule has 0 spiro atoms. The number of nitrogens with zero attached hydrogens (tertiary/aromatic N) is 3. The van der Waals surface area contributed by atoms with Crippen molar-refractivity contribution in [2.24, 2.45) is 4.99 Å². The van der Waals surface area contributed by atoms with Crippen LogP contribution in [0.1, 0.15) is 38.7 Å². The standard InChI is InChI=1S/C21H35N5O/c1-4-22-21(23-12-11-20(27)26-14-6-7-15-26)24-13-16-25(5-2)19-10-8-9-18(3)17-19/h8-10,17H,4-7,11-16H2,1-3H3,(H2,22,23,24). The van der Waals surface area contributed by atoms with Gasteiger partial charge >= 0.3 is 0 Å². The lowest BCUT2D eigenvalue weighted by Crippen LogP contribution is -2.42. The largest absolute Gasteiger partial charge is 0.370 e. The van der Waals surface area contributed by atoms with Crippen molar-refractivity contribution < 1.29 is 4.79 Å². The fourth-order valence-corrected chi connectivity index (χ4v) is 3.33. The predicted octanol–water partition coefficient (Wildman–Crippen LogP) is 2.39. The third-order valence-corrected chi connectivity index (χ3v) is 4.82. The van der Waals surface area contributed by atoms with Gasteiger partial charge in [-0.3, -0.25) is 9.79 Å². The smallest absolute Gasteiger partial charge is 0.224 e. The van der Waals surface area contributed by atoms with Crippen molar-refractivity contribution >= 4 is 17.6 Å². The van der Waals surface area contributed by atoms with Crippen molar-refractivity contribution in [3.05, 3.63) is 29.8 Å². The first kappa shape index (κ1) is 21.1. The van der Waals surface area contributed by atoms with Gasteiger partial charge in [0.2, 0.25) is 5.91 Å². The second-order valence-electron chi connectivity index (χ2n) is 6.94. The number of carbonyl (C=O) groups excluding carboxylic acids is 1. The van der Waals surface area contributed by atoms with Crippen molar-refractivity contribution in [3.8, 4) is 0 Å². The van der Waals surface area contributed by atoms with Crippen LogP contribution in [0.3, 0.4) is 0 Å². The highest BCUT2D eigenvalue weighted by Gasteiger charge is 2.17. The van der Waals surface area contributed by atoms with E-state index in [9.17, 15) is 4.79 Å². The lowest BCUT2D eigenvalue weighted by atomic mass is 10.2. The maximum absolute atomic E-state index is 12.1. The summed E-state index contributed by atoms with van der Waals surface area (Å²) in [6.07, 6.45) is 2.75. The molecule has 2 rings (SSSR count). The highest BCUT2D eigenvalue weighted by molar-refractivity contribution is 5.81. The molecule has 1 amide bonds. The van der Waals surface area contributed by atoms with E-state index in [1.165, 1.54) is 11.3 Å². The maximum Gasteiger partial charge on any atom is 0.224 e. The number of carbonyl (C=O) groups is 1. The van der Waals surface area contributed by atoms with Gasteiger partial charge in [0.1, 0.15) is 0 Å². The second-order valence-corrected chi connectivity index (χ2v) is 6.94. The fourth-order valence-electron chi connectivity index (χ4n) is 3.33. The van der Waals surface area contributed by atoms with Crippen LogP contribution in [0.15, 0.2) is 29.3 Å². The van der Waals surface area contributed by atoms with Crippen LogP contribution in [-0.4, -0.2) is 62.6 Å². The van der Waals surface area contributed by atoms with Crippen molar-refractivity contribution in [1.82, 2.24) is 15.5 Å². The van der Waals surface area contributed by atoms with Crippen LogP contribution in [0.4, 0.5) is 5.69 Å². The zero-order valence-corrected chi connectivity index (χ0v) is 17.1. The molecular weight excluding hydrogens is 338 g/mol. The number of anilines is 1. The van der Waals surface area contributed by atoms with E-state index in [1.54, 1.807) is 0 Å². The van der Waals surface area contributed by atoms with Gasteiger partial charge in [-0.25, -0.2) is 0 Å². The van der Waals surface area contributed by atoms with E-state index < -0.39 is 0 Å². The van der Waals surface area contributed by atoms with Crippen LogP contribution in [-0.2, 0) is 4.79 Å². The third kappa shape index (κ3) is 7.12. The summed E-state index contributed by atoms with van der Waals surface area (Å²) < 4.78 is 0. The maximum atomic E-state index is 12.1. The van der Waals surface area contributed by atoms with Gasteiger partial charge in [0, 0.05) is 51.4 Å². The lowest BCUT2D eigenvalue weighted by molar-refractivity contribution is -0.129. The Bertz CT molecular complexity index is 610. The summed E-state index contributed by atoms with van der Waals surface area (Å²) in [5, 5.41) is 6.65. The highest BCUT2D eigenvalue weighted by Crippen LogP contribution is 2.15. The molecule has 0 atom stereocenters. The Hall–Kier alpha value is -2.24. The molecule has 1 aliphatic rings. The molecule has 0 aliphatic carbocycles. The van der Waals surface area contributed by atoms with E-state index in [1.807, 2.05) is 4.90 Å². The average Bonchev–Trinajstić information content (AvgIpc) is 3.20. The number of nitrogens with one attached hydrogen (secondary N) is 2. The Kier molecular flexibility index (Phi) is 8.95. The Morgan fingerprint density at radius 1 is 1.22 bits per heavy atom. The van der Waals surface area contributed by atoms with Gasteiger partial charge in [0.25, 0.3) is 0 Å². The molecule has 0 bridgehead atoms. The van der Waals surface area contributed by atoms with E-state index in [0.29, 0.717) is 13.0 Å². The summed E-state index contributed by atoms with van der Waals surface area (Å²) in [4.78, 5) is 21.0. The number of aryl methyl sites for hydroxylation is 1. The first-order valence-electron chi connectivity index (χ1n) is 10.3. The SMILES string of the molecule is CCNC(=NCCC(=O)N1CCCC1)NCCN(CC)c1cccc(C)c1. The van der Waals surface area contributed by atoms with Gasteiger partial charge in [-0.15, -0.1) is 0 Å². The van der Waals surface area contributed by atoms with Gasteiger partial charge in [-0.2, -0.15) is 0 Å². The average molecular weight is 374 g/mol. The predicted molar refractivity (Wildman–Crippen MR) is 113 cm³/mol. The fraction of sp³-hybridized carbons (Fsp3) is 0.619. The summed E-state index contributed by atoms with van der Waals surface area (Å²) in [6.45, 7) is 12.2. The molecule has 0 radical (unpaired) electrons. The van der Waals surface area contributed by atoms with E-state index in [4.69, 9.17) is 0 Å². The number of guanidine groups is 1. The molecule has 1 aliphatic heterocycles. The van der Waals surface area contributed by atoms with Crippen LogP contribution >= 0.6 is 0 Å². The van der Waals surface area contributed by atoms with E-state index >= 15 is 0 Å². The molecule has 1 saturated heterocycles. The van der Waals surface area contributed by atoms with E-state index in [-0.39, 0.29) is 5.91 Å². The quantitative estimate of drug-likeness (QED) is 0.515. The molecule has 0 unspecified atom stereocenters. The molecule has 1 heterocycles. The van der Waals surface area contributed by atoms with Crippen LogP contribution in [0, 0.1) is 6.92 Å². The first-order chi connectivity index (χ1) is 13.1. The molecule has 6 nitrogen and oxygen atoms in total. The number of aliphatic imine (C=N–C) groups is 1. The monoisotopic (exact) mass is 373 g/mol. The summed E-state index contributed by atoms with van der Waals surface area (Å²) in [5.74, 6) is 1.01. The van der Waals surface area contributed by atoms with Gasteiger partial charge in [0.05, 0.1) is 6.54 Å². The molecule has 0 aromatic heterocycles. The minimum Gasteiger partial charge on any atom is -0.370 e. The zero-order chi connectivity index (χ0) is 19.5. The Morgan fingerprint density at radius 2 is 2.00 bits per heavy atom. The normalized spacial score (nSPS) is 14.3. The number of likely N-dealkylation sites (tertiary alicyclic amines) is 1. The summed E-state index contributed by atoms with van der Waals surface area (Å²) in [5.41, 5.74) is 2.52. The van der Waals surface area contributed by atoms with Crippen LogP contribution in [0.2, 0.25) is 0 Å². The summed E-state index contributed by atoms with van der Waals surface area (Å²) in [7, 11) is 0. The molecule has 2 N–H and O–H groups in total. The first-order valence-corrected chi connectivity index (χ1v) is 10.3. The van der Waals surface area contributed by atoms with E-state index in [0.717, 1.165) is 58.1 Å². The zero-order valence-electron chi connectivity index (χ0n) is 17.1. The van der Waals surface area contributed by atoms with E-state index in [2.05, 4.69) is 65.6 Å². The second kappa shape index (κ2) is 11.5. The highest BCUT2D eigenvalue weighted by atomic mass is 16.2. The molecule has 1 aromatic carbocycles. The minimum absolute atomic E-state index is 0.226. The Balaban J connectivity index is 1.79. The topological polar surface area (TPSA) is 60.0 Å². The molecular formula is C21H35N5O. The van der Waals surface area contributed by atoms with Crippen LogP contribution in [0.5, 0.6) is 0 Å². The Morgan fingerprint density at radius 3 is 2.67 bits per heavy atom. The van der Waals surface area contributed by atoms with Crippen molar-refractivity contribution in [1.29, 1.82) is 0 Å². The molecule has 1 fully saturated rings. The number of hydrogen-bond donors (Lipinski definition) is 2. The van der Waals surface area contributed by atoms with Crippen molar-refractivity contribution in [2.45, 2.75) is 40.0 Å². The number of benzene rings is 1. The minimum atomic E-state index is 0.226. The van der Waals surface area contributed by atoms with Crippen molar-refractivity contribution in [2.75, 3.05) is 50.7 Å². The number of rotatable bonds is 9. The molecule has 6 heteroatoms. The number of hydrogen-bond acceptors (Lipinski definition) is 3.